The van der Waals surface area contributed by atoms with E-state index in [1.807, 2.05) is 83.5 Å². The van der Waals surface area contributed by atoms with Gasteiger partial charge in [0, 0.05) is 34.4 Å². The maximum absolute atomic E-state index is 10.0. The molecule has 7 heteroatoms. The molecule has 0 amide bonds. The lowest BCUT2D eigenvalue weighted by atomic mass is 9.83. The van der Waals surface area contributed by atoms with Gasteiger partial charge in [-0.05, 0) is 74.9 Å². The Morgan fingerprint density at radius 3 is 2.17 bits per heavy atom. The van der Waals surface area contributed by atoms with Crippen molar-refractivity contribution in [3.05, 3.63) is 109 Å². The average Bonchev–Trinajstić information content (AvgIpc) is 3.83. The molecule has 0 aliphatic carbocycles. The molecule has 0 fully saturated rings. The molecule has 6 nitrogen and oxygen atoms in total. The Bertz CT molecular complexity index is 1600. The van der Waals surface area contributed by atoms with Gasteiger partial charge in [-0.25, -0.2) is 4.98 Å². The third kappa shape index (κ3) is 17.9. The molecule has 292 valence electrons. The summed E-state index contributed by atoms with van der Waals surface area (Å²) in [6.45, 7) is 33.3. The lowest BCUT2D eigenvalue weighted by molar-refractivity contribution is 0.323. The zero-order chi connectivity index (χ0) is 40.7. The molecule has 4 rings (SSSR count). The van der Waals surface area contributed by atoms with Gasteiger partial charge in [-0.1, -0.05) is 137 Å². The highest BCUT2D eigenvalue weighted by Gasteiger charge is 2.21. The fraction of sp³-hybridized carbons (Fsp3) is 0.457. The fourth-order valence-electron chi connectivity index (χ4n) is 5.57. The van der Waals surface area contributed by atoms with E-state index in [2.05, 4.69) is 89.2 Å². The van der Waals surface area contributed by atoms with Gasteiger partial charge in [0.1, 0.15) is 10.7 Å². The van der Waals surface area contributed by atoms with Gasteiger partial charge in [0.2, 0.25) is 0 Å². The molecule has 0 unspecified atom stereocenters. The minimum atomic E-state index is 0.265. The van der Waals surface area contributed by atoms with E-state index in [0.717, 1.165) is 71.6 Å². The van der Waals surface area contributed by atoms with E-state index in [-0.39, 0.29) is 5.41 Å². The second-order valence-electron chi connectivity index (χ2n) is 12.5. The number of H-pyrrole nitrogens is 1. The molecule has 0 bridgehead atoms. The van der Waals surface area contributed by atoms with E-state index < -0.39 is 0 Å². The maximum atomic E-state index is 10.0. The number of aryl methyl sites for hydroxylation is 1. The maximum Gasteiger partial charge on any atom is 0.144 e. The number of rotatable bonds is 15. The number of nitrogens with two attached hydrogens (primary N) is 1. The van der Waals surface area contributed by atoms with Crippen LogP contribution in [0, 0.1) is 16.7 Å². The van der Waals surface area contributed by atoms with Crippen LogP contribution in [0.5, 0.6) is 0 Å². The summed E-state index contributed by atoms with van der Waals surface area (Å²) in [5, 5.41) is 15.4. The average molecular weight is 741 g/mol. The lowest BCUT2D eigenvalue weighted by Gasteiger charge is -2.23. The predicted molar refractivity (Wildman–Crippen MR) is 239 cm³/mol. The van der Waals surface area contributed by atoms with Crippen LogP contribution in [-0.4, -0.2) is 28.5 Å². The van der Waals surface area contributed by atoms with Crippen molar-refractivity contribution in [3.63, 3.8) is 0 Å². The van der Waals surface area contributed by atoms with Crippen molar-refractivity contribution in [1.29, 1.82) is 5.26 Å². The Kier molecular flexibility index (Phi) is 30.0. The van der Waals surface area contributed by atoms with Gasteiger partial charge < -0.3 is 16.0 Å². The van der Waals surface area contributed by atoms with Gasteiger partial charge >= 0.3 is 0 Å². The van der Waals surface area contributed by atoms with Crippen molar-refractivity contribution >= 4 is 33.9 Å². The molecule has 3 heterocycles. The van der Waals surface area contributed by atoms with Gasteiger partial charge in [-0.2, -0.15) is 5.26 Å². The van der Waals surface area contributed by atoms with Gasteiger partial charge in [-0.15, -0.1) is 24.5 Å². The molecule has 0 saturated carbocycles. The molecule has 0 saturated heterocycles. The van der Waals surface area contributed by atoms with E-state index in [9.17, 15) is 5.26 Å². The van der Waals surface area contributed by atoms with E-state index in [0.29, 0.717) is 0 Å². The van der Waals surface area contributed by atoms with Crippen LogP contribution in [0.25, 0.3) is 33.3 Å². The van der Waals surface area contributed by atoms with Gasteiger partial charge in [0.25, 0.3) is 0 Å². The van der Waals surface area contributed by atoms with Gasteiger partial charge in [0.15, 0.2) is 0 Å². The van der Waals surface area contributed by atoms with Crippen molar-refractivity contribution in [2.24, 2.45) is 11.1 Å². The normalized spacial score (nSPS) is 10.4. The number of nitriles is 1. The zero-order valence-corrected chi connectivity index (χ0v) is 35.8. The highest BCUT2D eigenvalue weighted by atomic mass is 32.1. The number of allylic oxidation sites excluding steroid dienone is 1. The highest BCUT2D eigenvalue weighted by Crippen LogP contribution is 2.36. The van der Waals surface area contributed by atoms with Crippen LogP contribution < -0.4 is 11.1 Å². The van der Waals surface area contributed by atoms with Crippen LogP contribution in [0.2, 0.25) is 0 Å². The molecule has 0 aliphatic heterocycles. The van der Waals surface area contributed by atoms with Crippen molar-refractivity contribution in [1.82, 2.24) is 20.3 Å². The number of nitrogens with one attached hydrogen (secondary N) is 2. The van der Waals surface area contributed by atoms with Crippen LogP contribution in [0.1, 0.15) is 129 Å². The number of hydrogen-bond donors (Lipinski definition) is 3. The number of unbranched alkanes of at least 4 members (excludes halogenated alkanes) is 1. The Morgan fingerprint density at radius 1 is 1.00 bits per heavy atom. The number of nitrogens with zero attached hydrogens (tertiary/aromatic N) is 3. The van der Waals surface area contributed by atoms with E-state index in [4.69, 9.17) is 9.97 Å². The lowest BCUT2D eigenvalue weighted by Crippen LogP contribution is -2.13. The first-order valence-electron chi connectivity index (χ1n) is 19.4. The molecule has 4 N–H and O–H groups in total. The first-order valence-corrected chi connectivity index (χ1v) is 20.3. The molecule has 53 heavy (non-hydrogen) atoms. The molecular weight excluding hydrogens is 669 g/mol. The van der Waals surface area contributed by atoms with Crippen molar-refractivity contribution in [3.8, 4) is 16.8 Å². The molecule has 0 atom stereocenters. The Hall–Kier alpha value is -4.25. The number of benzene rings is 1. The first kappa shape index (κ1) is 50.9. The Balaban J connectivity index is 0. The number of aromatic amines is 1. The highest BCUT2D eigenvalue weighted by molar-refractivity contribution is 7.15. The molecule has 0 radical (unpaired) electrons. The number of aromatic nitrogens is 3. The summed E-state index contributed by atoms with van der Waals surface area (Å²) in [7, 11) is 1.96. The monoisotopic (exact) mass is 741 g/mol. The number of thiazole rings is 1. The second-order valence-corrected chi connectivity index (χ2v) is 13.6. The molecule has 0 spiro atoms. The van der Waals surface area contributed by atoms with Gasteiger partial charge in [0.05, 0.1) is 17.2 Å². The minimum absolute atomic E-state index is 0.265. The van der Waals surface area contributed by atoms with Crippen LogP contribution >= 0.6 is 11.3 Å². The van der Waals surface area contributed by atoms with Crippen molar-refractivity contribution in [2.45, 2.75) is 120 Å². The van der Waals surface area contributed by atoms with E-state index in [1.54, 1.807) is 11.3 Å². The second kappa shape index (κ2) is 31.3. The van der Waals surface area contributed by atoms with Crippen LogP contribution in [0.4, 0.5) is 0 Å². The first-order chi connectivity index (χ1) is 25.7. The number of pyridine rings is 1. The zero-order valence-electron chi connectivity index (χ0n) is 35.0. The van der Waals surface area contributed by atoms with Crippen molar-refractivity contribution in [2.75, 3.05) is 13.6 Å². The summed E-state index contributed by atoms with van der Waals surface area (Å²) in [5.41, 5.74) is 12.1. The quantitative estimate of drug-likeness (QED) is 0.0831. The topological polar surface area (TPSA) is 103 Å². The predicted octanol–water partition coefficient (Wildman–Crippen LogP) is 13.4. The largest absolute Gasteiger partial charge is 0.405 e. The fourth-order valence-corrected chi connectivity index (χ4v) is 6.74. The molecule has 0 aliphatic rings. The number of fused-ring (bicyclic) bond motifs is 1. The summed E-state index contributed by atoms with van der Waals surface area (Å²) in [5.74, 6) is 0. The summed E-state index contributed by atoms with van der Waals surface area (Å²) in [6.07, 6.45) is 18.8. The van der Waals surface area contributed by atoms with Gasteiger partial charge in [-0.3, -0.25) is 4.98 Å². The third-order valence-corrected chi connectivity index (χ3v) is 8.79. The Labute approximate surface area is 328 Å². The van der Waals surface area contributed by atoms with E-state index in [1.165, 1.54) is 53.3 Å². The Morgan fingerprint density at radius 2 is 1.62 bits per heavy atom. The van der Waals surface area contributed by atoms with Crippen LogP contribution in [0.15, 0.2) is 87.0 Å². The van der Waals surface area contributed by atoms with Crippen molar-refractivity contribution < 1.29 is 0 Å². The SMILES string of the molecule is C=C.C=CN.C=Cc1cnc(-c2ncc(CC(C)(C)CCCC)s2)c2[nH]cc(CCC/C(CCNC)=C(/C#N)c3ccccc3)c12.CC.CC.CCC. The summed E-state index contributed by atoms with van der Waals surface area (Å²) in [6, 6.07) is 12.5. The minimum Gasteiger partial charge on any atom is -0.405 e. The number of hydrogen-bond acceptors (Lipinski definition) is 6. The third-order valence-electron chi connectivity index (χ3n) is 7.79. The van der Waals surface area contributed by atoms with Crippen LogP contribution in [-0.2, 0) is 12.8 Å². The summed E-state index contributed by atoms with van der Waals surface area (Å²) >= 11 is 1.75. The summed E-state index contributed by atoms with van der Waals surface area (Å²) in [4.78, 5) is 14.5. The molecular formula is C46H72N6S. The molecule has 3 aromatic heterocycles. The molecule has 4 aromatic rings. The molecule has 1 aromatic carbocycles. The van der Waals surface area contributed by atoms with Crippen LogP contribution in [0.3, 0.4) is 0 Å². The smallest absolute Gasteiger partial charge is 0.144 e. The van der Waals surface area contributed by atoms with E-state index >= 15 is 0 Å². The standard InChI is InChI=1S/C35H43N5S.C3H8.C2H5N.2C2H6.C2H4/c1-6-8-18-35(3,4)20-29-24-40-34(41-29)33-32-31(25(7-2)22-39-33)28(23-38-32)16-12-15-27(17-19-37-5)30(21-36)26-13-10-9-11-14-26;1-3-2;1-2-3;3*1-2/h7,9-11,13-14,22-24,37-38H,2,6,8,12,15-20H2,1,3-5H3;3H2,1-2H3;2H,1,3H2;2*1-2H3;1-2H2/b30-27+;;;;;. The summed E-state index contributed by atoms with van der Waals surface area (Å²) < 4.78 is 0.